The molecule has 0 unspecified atom stereocenters. The summed E-state index contributed by atoms with van der Waals surface area (Å²) in [6, 6.07) is 7.64. The lowest BCUT2D eigenvalue weighted by molar-refractivity contribution is -0.126. The van der Waals surface area contributed by atoms with Crippen molar-refractivity contribution in [3.8, 4) is 5.75 Å². The maximum absolute atomic E-state index is 12.3. The lowest BCUT2D eigenvalue weighted by atomic mass is 9.97. The first-order valence-electron chi connectivity index (χ1n) is 8.44. The van der Waals surface area contributed by atoms with Gasteiger partial charge in [0.2, 0.25) is 15.9 Å². The van der Waals surface area contributed by atoms with Gasteiger partial charge in [0.25, 0.3) is 0 Å². The fourth-order valence-corrected chi connectivity index (χ4v) is 3.98. The van der Waals surface area contributed by atoms with Gasteiger partial charge in [-0.3, -0.25) is 4.79 Å². The quantitative estimate of drug-likeness (QED) is 0.810. The Morgan fingerprint density at radius 3 is 2.54 bits per heavy atom. The third kappa shape index (κ3) is 4.70. The predicted molar refractivity (Wildman–Crippen MR) is 93.2 cm³/mol. The fourth-order valence-electron chi connectivity index (χ4n) is 2.85. The molecule has 0 bridgehead atoms. The first-order chi connectivity index (χ1) is 11.5. The molecule has 6 nitrogen and oxygen atoms in total. The monoisotopic (exact) mass is 354 g/mol. The summed E-state index contributed by atoms with van der Waals surface area (Å²) in [6.45, 7) is 5.41. The van der Waals surface area contributed by atoms with Crippen molar-refractivity contribution in [1.82, 2.24) is 9.62 Å². The molecule has 134 valence electrons. The summed E-state index contributed by atoms with van der Waals surface area (Å²) in [4.78, 5) is 12.3. The lowest BCUT2D eigenvalue weighted by Gasteiger charge is -2.30. The van der Waals surface area contributed by atoms with Crippen LogP contribution in [0.2, 0.25) is 0 Å². The average molecular weight is 354 g/mol. The number of carbonyl (C=O) groups excluding carboxylic acids is 1. The van der Waals surface area contributed by atoms with Crippen LogP contribution in [0.15, 0.2) is 24.3 Å². The number of ether oxygens (including phenoxy) is 1. The van der Waals surface area contributed by atoms with Gasteiger partial charge in [-0.25, -0.2) is 12.7 Å². The van der Waals surface area contributed by atoms with Crippen LogP contribution in [-0.4, -0.2) is 44.1 Å². The summed E-state index contributed by atoms with van der Waals surface area (Å²) < 4.78 is 30.7. The van der Waals surface area contributed by atoms with E-state index >= 15 is 0 Å². The molecule has 1 heterocycles. The highest BCUT2D eigenvalue weighted by atomic mass is 32.2. The zero-order chi connectivity index (χ0) is 17.6. The van der Waals surface area contributed by atoms with Crippen molar-refractivity contribution < 1.29 is 17.9 Å². The van der Waals surface area contributed by atoms with Gasteiger partial charge in [-0.15, -0.1) is 0 Å². The molecule has 1 aliphatic rings. The Balaban J connectivity index is 1.86. The molecule has 1 aliphatic heterocycles. The maximum Gasteiger partial charge on any atom is 0.223 e. The van der Waals surface area contributed by atoms with Crippen LogP contribution < -0.4 is 10.1 Å². The van der Waals surface area contributed by atoms with Gasteiger partial charge in [0.1, 0.15) is 5.75 Å². The van der Waals surface area contributed by atoms with Gasteiger partial charge in [-0.05, 0) is 32.8 Å². The molecule has 1 fully saturated rings. The first kappa shape index (κ1) is 18.7. The molecule has 0 atom stereocenters. The number of benzene rings is 1. The summed E-state index contributed by atoms with van der Waals surface area (Å²) in [5, 5.41) is 2.95. The highest BCUT2D eigenvalue weighted by Crippen LogP contribution is 2.21. The molecule has 1 aromatic carbocycles. The van der Waals surface area contributed by atoms with E-state index < -0.39 is 10.0 Å². The topological polar surface area (TPSA) is 75.7 Å². The molecular weight excluding hydrogens is 328 g/mol. The Morgan fingerprint density at radius 1 is 1.25 bits per heavy atom. The second-order valence-corrected chi connectivity index (χ2v) is 8.09. The number of para-hydroxylation sites is 1. The van der Waals surface area contributed by atoms with Crippen molar-refractivity contribution >= 4 is 15.9 Å². The summed E-state index contributed by atoms with van der Waals surface area (Å²) in [7, 11) is -3.15. The van der Waals surface area contributed by atoms with E-state index in [0.717, 1.165) is 11.3 Å². The summed E-state index contributed by atoms with van der Waals surface area (Å²) >= 11 is 0. The van der Waals surface area contributed by atoms with Crippen LogP contribution in [0.4, 0.5) is 0 Å². The van der Waals surface area contributed by atoms with Crippen molar-refractivity contribution in [3.05, 3.63) is 29.8 Å². The number of piperidine rings is 1. The minimum atomic E-state index is -3.15. The van der Waals surface area contributed by atoms with Crippen LogP contribution in [0.3, 0.4) is 0 Å². The van der Waals surface area contributed by atoms with Crippen molar-refractivity contribution in [2.24, 2.45) is 5.92 Å². The van der Waals surface area contributed by atoms with E-state index in [1.54, 1.807) is 6.92 Å². The predicted octanol–water partition coefficient (Wildman–Crippen LogP) is 1.76. The molecule has 0 radical (unpaired) electrons. The number of hydrogen-bond donors (Lipinski definition) is 1. The van der Waals surface area contributed by atoms with Crippen molar-refractivity contribution in [2.75, 3.05) is 25.4 Å². The molecule has 0 saturated carbocycles. The Bertz CT molecular complexity index is 652. The third-order valence-corrected chi connectivity index (χ3v) is 6.19. The number of nitrogens with zero attached hydrogens (tertiary/aromatic N) is 1. The van der Waals surface area contributed by atoms with Crippen LogP contribution in [0.5, 0.6) is 5.75 Å². The molecule has 1 aromatic rings. The smallest absolute Gasteiger partial charge is 0.223 e. The normalized spacial score (nSPS) is 16.8. The number of sulfonamides is 1. The summed E-state index contributed by atoms with van der Waals surface area (Å²) in [6.07, 6.45) is 1.14. The molecule has 0 aromatic heterocycles. The third-order valence-electron chi connectivity index (χ3n) is 4.31. The van der Waals surface area contributed by atoms with Crippen LogP contribution in [0, 0.1) is 5.92 Å². The van der Waals surface area contributed by atoms with Gasteiger partial charge < -0.3 is 10.1 Å². The number of carbonyl (C=O) groups is 1. The largest absolute Gasteiger partial charge is 0.494 e. The van der Waals surface area contributed by atoms with E-state index in [1.807, 2.05) is 31.2 Å². The van der Waals surface area contributed by atoms with E-state index in [1.165, 1.54) is 4.31 Å². The second-order valence-electron chi connectivity index (χ2n) is 5.83. The highest BCUT2D eigenvalue weighted by molar-refractivity contribution is 7.89. The Morgan fingerprint density at radius 2 is 1.92 bits per heavy atom. The fraction of sp³-hybridized carbons (Fsp3) is 0.588. The summed E-state index contributed by atoms with van der Waals surface area (Å²) in [5.74, 6) is 0.740. The van der Waals surface area contributed by atoms with Crippen LogP contribution >= 0.6 is 0 Å². The number of amides is 1. The Kier molecular flexibility index (Phi) is 6.62. The Hall–Kier alpha value is -1.60. The van der Waals surface area contributed by atoms with Gasteiger partial charge >= 0.3 is 0 Å². The lowest BCUT2D eigenvalue weighted by Crippen LogP contribution is -2.43. The zero-order valence-corrected chi connectivity index (χ0v) is 15.1. The van der Waals surface area contributed by atoms with E-state index in [0.29, 0.717) is 39.1 Å². The van der Waals surface area contributed by atoms with Gasteiger partial charge in [0.15, 0.2) is 0 Å². The SMILES string of the molecule is CCOc1ccccc1CNC(=O)C1CCN(S(=O)(=O)CC)CC1. The van der Waals surface area contributed by atoms with Crippen LogP contribution in [0.1, 0.15) is 32.3 Å². The minimum absolute atomic E-state index is 0.0187. The van der Waals surface area contributed by atoms with Gasteiger partial charge in [-0.2, -0.15) is 0 Å². The van der Waals surface area contributed by atoms with Crippen molar-refractivity contribution in [3.63, 3.8) is 0 Å². The van der Waals surface area contributed by atoms with Crippen molar-refractivity contribution in [1.29, 1.82) is 0 Å². The molecular formula is C17H26N2O4S. The van der Waals surface area contributed by atoms with E-state index in [2.05, 4.69) is 5.32 Å². The minimum Gasteiger partial charge on any atom is -0.494 e. The van der Waals surface area contributed by atoms with Crippen LogP contribution in [0.25, 0.3) is 0 Å². The molecule has 0 spiro atoms. The van der Waals surface area contributed by atoms with Crippen molar-refractivity contribution in [2.45, 2.75) is 33.2 Å². The maximum atomic E-state index is 12.3. The molecule has 0 aliphatic carbocycles. The number of nitrogens with one attached hydrogen (secondary N) is 1. The Labute approximate surface area is 144 Å². The van der Waals surface area contributed by atoms with E-state index in [4.69, 9.17) is 4.74 Å². The molecule has 1 N–H and O–H groups in total. The zero-order valence-electron chi connectivity index (χ0n) is 14.3. The van der Waals surface area contributed by atoms with E-state index in [9.17, 15) is 13.2 Å². The molecule has 2 rings (SSSR count). The molecule has 7 heteroatoms. The van der Waals surface area contributed by atoms with Gasteiger partial charge in [0.05, 0.1) is 12.4 Å². The van der Waals surface area contributed by atoms with Gasteiger partial charge in [0, 0.05) is 31.1 Å². The van der Waals surface area contributed by atoms with E-state index in [-0.39, 0.29) is 17.6 Å². The molecule has 1 saturated heterocycles. The van der Waals surface area contributed by atoms with Crippen LogP contribution in [-0.2, 0) is 21.4 Å². The van der Waals surface area contributed by atoms with Gasteiger partial charge in [-0.1, -0.05) is 18.2 Å². The second kappa shape index (κ2) is 8.48. The molecule has 1 amide bonds. The standard InChI is InChI=1S/C17H26N2O4S/c1-3-23-16-8-6-5-7-15(16)13-18-17(20)14-9-11-19(12-10-14)24(21,22)4-2/h5-8,14H,3-4,9-13H2,1-2H3,(H,18,20). The molecule has 24 heavy (non-hydrogen) atoms. The average Bonchev–Trinajstić information content (AvgIpc) is 2.61. The number of rotatable bonds is 7. The first-order valence-corrected chi connectivity index (χ1v) is 10.0. The highest BCUT2D eigenvalue weighted by Gasteiger charge is 2.30. The number of hydrogen-bond acceptors (Lipinski definition) is 4. The summed E-state index contributed by atoms with van der Waals surface area (Å²) in [5.41, 5.74) is 0.943.